The summed E-state index contributed by atoms with van der Waals surface area (Å²) in [5.74, 6) is 1.16. The van der Waals surface area contributed by atoms with Crippen LogP contribution in [0.25, 0.3) is 33.5 Å². The molecule has 1 N–H and O–H groups in total. The van der Waals surface area contributed by atoms with Gasteiger partial charge in [-0.05, 0) is 18.2 Å². The molecule has 4 aromatic rings. The van der Waals surface area contributed by atoms with E-state index in [4.69, 9.17) is 13.9 Å². The Morgan fingerprint density at radius 1 is 1.09 bits per heavy atom. The fourth-order valence-electron chi connectivity index (χ4n) is 4.46. The monoisotopic (exact) mass is 460 g/mol. The number of H-pyrrole nitrogens is 1. The number of pyridine rings is 1. The van der Waals surface area contributed by atoms with Crippen molar-refractivity contribution in [2.45, 2.75) is 0 Å². The van der Waals surface area contributed by atoms with Gasteiger partial charge in [-0.1, -0.05) is 12.1 Å². The zero-order valence-corrected chi connectivity index (χ0v) is 19.4. The molecular formula is C26H28N4O4. The van der Waals surface area contributed by atoms with Crippen LogP contribution in [-0.4, -0.2) is 68.4 Å². The molecule has 2 aromatic heterocycles. The van der Waals surface area contributed by atoms with Crippen LogP contribution in [-0.2, 0) is 4.74 Å². The SMILES string of the molecule is COCCN1CCN(c2cccc(-c3cc(=O)c4cc(-c5cnco5)c(OC)cc4[nH]3)c2)CC1. The largest absolute Gasteiger partial charge is 0.496 e. The van der Waals surface area contributed by atoms with Crippen molar-refractivity contribution in [3.05, 3.63) is 65.3 Å². The average molecular weight is 461 g/mol. The van der Waals surface area contributed by atoms with E-state index in [-0.39, 0.29) is 5.43 Å². The van der Waals surface area contributed by atoms with E-state index in [0.29, 0.717) is 28.0 Å². The van der Waals surface area contributed by atoms with E-state index in [0.717, 1.165) is 56.3 Å². The fourth-order valence-corrected chi connectivity index (χ4v) is 4.46. The first-order valence-electron chi connectivity index (χ1n) is 11.4. The Labute approximate surface area is 197 Å². The van der Waals surface area contributed by atoms with E-state index >= 15 is 0 Å². The summed E-state index contributed by atoms with van der Waals surface area (Å²) in [4.78, 5) is 25.3. The van der Waals surface area contributed by atoms with Crippen LogP contribution in [0.4, 0.5) is 5.69 Å². The molecule has 1 saturated heterocycles. The van der Waals surface area contributed by atoms with Gasteiger partial charge in [0.05, 0.1) is 31.0 Å². The third-order valence-electron chi connectivity index (χ3n) is 6.35. The molecule has 176 valence electrons. The van der Waals surface area contributed by atoms with Crippen LogP contribution in [0.15, 0.2) is 64.3 Å². The summed E-state index contributed by atoms with van der Waals surface area (Å²) in [5.41, 5.74) is 4.23. The number of nitrogens with one attached hydrogen (secondary N) is 1. The number of rotatable bonds is 7. The molecule has 0 spiro atoms. The van der Waals surface area contributed by atoms with Crippen LogP contribution in [0.5, 0.6) is 5.75 Å². The zero-order valence-electron chi connectivity index (χ0n) is 19.4. The highest BCUT2D eigenvalue weighted by Gasteiger charge is 2.18. The number of hydrogen-bond acceptors (Lipinski definition) is 7. The van der Waals surface area contributed by atoms with Crippen molar-refractivity contribution in [1.29, 1.82) is 0 Å². The summed E-state index contributed by atoms with van der Waals surface area (Å²) in [7, 11) is 3.34. The highest BCUT2D eigenvalue weighted by Crippen LogP contribution is 2.33. The van der Waals surface area contributed by atoms with Gasteiger partial charge in [-0.25, -0.2) is 4.98 Å². The van der Waals surface area contributed by atoms with Crippen molar-refractivity contribution >= 4 is 16.6 Å². The number of hydrogen-bond donors (Lipinski definition) is 1. The minimum absolute atomic E-state index is 0.0654. The van der Waals surface area contributed by atoms with Gasteiger partial charge in [0.15, 0.2) is 17.6 Å². The second kappa shape index (κ2) is 9.70. The number of nitrogens with zero attached hydrogens (tertiary/aromatic N) is 3. The van der Waals surface area contributed by atoms with Gasteiger partial charge < -0.3 is 23.8 Å². The van der Waals surface area contributed by atoms with Gasteiger partial charge in [0.1, 0.15) is 5.75 Å². The summed E-state index contributed by atoms with van der Waals surface area (Å²) in [5, 5.41) is 0.569. The van der Waals surface area contributed by atoms with Crippen molar-refractivity contribution in [3.8, 4) is 28.3 Å². The highest BCUT2D eigenvalue weighted by atomic mass is 16.5. The summed E-state index contributed by atoms with van der Waals surface area (Å²) in [6.07, 6.45) is 2.97. The van der Waals surface area contributed by atoms with Gasteiger partial charge >= 0.3 is 0 Å². The van der Waals surface area contributed by atoms with Crippen LogP contribution in [0, 0.1) is 0 Å². The Morgan fingerprint density at radius 3 is 2.68 bits per heavy atom. The number of ether oxygens (including phenoxy) is 2. The molecule has 34 heavy (non-hydrogen) atoms. The molecule has 1 aliphatic rings. The lowest BCUT2D eigenvalue weighted by molar-refractivity contribution is 0.144. The summed E-state index contributed by atoms with van der Waals surface area (Å²) in [6.45, 7) is 5.66. The number of oxazole rings is 1. The number of fused-ring (bicyclic) bond motifs is 1. The number of benzene rings is 2. The van der Waals surface area contributed by atoms with Crippen LogP contribution < -0.4 is 15.1 Å². The molecule has 1 aliphatic heterocycles. The van der Waals surface area contributed by atoms with E-state index in [1.807, 2.05) is 18.2 Å². The average Bonchev–Trinajstić information content (AvgIpc) is 3.42. The van der Waals surface area contributed by atoms with Gasteiger partial charge in [0.2, 0.25) is 0 Å². The third-order valence-corrected chi connectivity index (χ3v) is 6.35. The Balaban J connectivity index is 1.45. The van der Waals surface area contributed by atoms with Gasteiger partial charge in [-0.2, -0.15) is 0 Å². The maximum atomic E-state index is 13.1. The Morgan fingerprint density at radius 2 is 1.94 bits per heavy atom. The number of anilines is 1. The van der Waals surface area contributed by atoms with Crippen molar-refractivity contribution in [2.24, 2.45) is 0 Å². The molecule has 0 bridgehead atoms. The molecule has 8 nitrogen and oxygen atoms in total. The Bertz CT molecular complexity index is 1320. The van der Waals surface area contributed by atoms with E-state index in [1.165, 1.54) is 6.39 Å². The maximum Gasteiger partial charge on any atom is 0.190 e. The summed E-state index contributed by atoms with van der Waals surface area (Å²) < 4.78 is 16.2. The van der Waals surface area contributed by atoms with Crippen LogP contribution in [0.3, 0.4) is 0 Å². The second-order valence-corrected chi connectivity index (χ2v) is 8.38. The molecule has 3 heterocycles. The quantitative estimate of drug-likeness (QED) is 0.451. The first-order chi connectivity index (χ1) is 16.7. The first kappa shape index (κ1) is 22.2. The standard InChI is InChI=1S/C26H28N4O4/c1-32-11-10-29-6-8-30(9-7-29)19-5-3-4-18(12-19)22-14-24(31)20-13-21(26-16-27-17-34-26)25(33-2)15-23(20)28-22/h3-5,12-17H,6-11H2,1-2H3,(H,28,31). The first-order valence-corrected chi connectivity index (χ1v) is 11.4. The molecule has 0 aliphatic carbocycles. The summed E-state index contributed by atoms with van der Waals surface area (Å²) >= 11 is 0. The minimum atomic E-state index is -0.0654. The van der Waals surface area contributed by atoms with E-state index in [2.05, 4.69) is 31.9 Å². The van der Waals surface area contributed by atoms with Crippen LogP contribution in [0.2, 0.25) is 0 Å². The predicted octanol–water partition coefficient (Wildman–Crippen LogP) is 3.63. The molecule has 0 saturated carbocycles. The topological polar surface area (TPSA) is 83.8 Å². The van der Waals surface area contributed by atoms with Gasteiger partial charge in [-0.15, -0.1) is 0 Å². The van der Waals surface area contributed by atoms with E-state index in [1.54, 1.807) is 32.5 Å². The van der Waals surface area contributed by atoms with Crippen LogP contribution in [0.1, 0.15) is 0 Å². The van der Waals surface area contributed by atoms with Gasteiger partial charge in [0.25, 0.3) is 0 Å². The van der Waals surface area contributed by atoms with E-state index < -0.39 is 0 Å². The lowest BCUT2D eigenvalue weighted by Crippen LogP contribution is -2.47. The lowest BCUT2D eigenvalue weighted by atomic mass is 10.0. The number of methoxy groups -OCH3 is 2. The van der Waals surface area contributed by atoms with Crippen molar-refractivity contribution in [2.75, 3.05) is 58.5 Å². The number of aromatic nitrogens is 2. The van der Waals surface area contributed by atoms with Crippen molar-refractivity contribution < 1.29 is 13.9 Å². The molecule has 1 fully saturated rings. The zero-order chi connectivity index (χ0) is 23.5. The molecule has 0 atom stereocenters. The fraction of sp³-hybridized carbons (Fsp3) is 0.308. The highest BCUT2D eigenvalue weighted by molar-refractivity contribution is 5.88. The molecule has 2 aromatic carbocycles. The molecular weight excluding hydrogens is 432 g/mol. The summed E-state index contributed by atoms with van der Waals surface area (Å²) in [6, 6.07) is 13.6. The minimum Gasteiger partial charge on any atom is -0.496 e. The van der Waals surface area contributed by atoms with Gasteiger partial charge in [0, 0.05) is 74.3 Å². The lowest BCUT2D eigenvalue weighted by Gasteiger charge is -2.36. The number of piperazine rings is 1. The van der Waals surface area contributed by atoms with Crippen molar-refractivity contribution in [3.63, 3.8) is 0 Å². The molecule has 0 radical (unpaired) electrons. The molecule has 0 unspecified atom stereocenters. The molecule has 5 rings (SSSR count). The van der Waals surface area contributed by atoms with Crippen molar-refractivity contribution in [1.82, 2.24) is 14.9 Å². The Hall–Kier alpha value is -3.62. The smallest absolute Gasteiger partial charge is 0.190 e. The number of aromatic amines is 1. The molecule has 0 amide bonds. The van der Waals surface area contributed by atoms with Crippen LogP contribution >= 0.6 is 0 Å². The molecule has 8 heteroatoms. The second-order valence-electron chi connectivity index (χ2n) is 8.38. The Kier molecular flexibility index (Phi) is 6.33. The predicted molar refractivity (Wildman–Crippen MR) is 133 cm³/mol. The normalized spacial score (nSPS) is 14.6. The van der Waals surface area contributed by atoms with E-state index in [9.17, 15) is 4.79 Å². The van der Waals surface area contributed by atoms with Gasteiger partial charge in [-0.3, -0.25) is 9.69 Å². The maximum absolute atomic E-state index is 13.1. The third kappa shape index (κ3) is 4.42.